The maximum Gasteiger partial charge on any atom is 0.306 e. The summed E-state index contributed by atoms with van der Waals surface area (Å²) < 4.78 is 18.1. The molecule has 0 aliphatic rings. The number of aromatic amines is 1. The summed E-state index contributed by atoms with van der Waals surface area (Å²) in [5, 5.41) is 0.477. The van der Waals surface area contributed by atoms with Crippen LogP contribution in [0.2, 0.25) is 0 Å². The molecule has 0 fully saturated rings. The van der Waals surface area contributed by atoms with Crippen molar-refractivity contribution in [1.82, 2.24) is 9.97 Å². The smallest absolute Gasteiger partial charge is 0.306 e. The zero-order chi connectivity index (χ0) is 20.8. The largest absolute Gasteiger partial charge is 0.456 e. The number of esters is 1. The van der Waals surface area contributed by atoms with Crippen molar-refractivity contribution in [2.45, 2.75) is 19.8 Å². The zero-order valence-corrected chi connectivity index (χ0v) is 15.9. The first-order chi connectivity index (χ1) is 14.0. The summed E-state index contributed by atoms with van der Waals surface area (Å²) in [5.41, 5.74) is 0.799. The van der Waals surface area contributed by atoms with Crippen LogP contribution in [0.5, 0.6) is 0 Å². The molecule has 0 atom stereocenters. The van der Waals surface area contributed by atoms with E-state index in [-0.39, 0.29) is 18.4 Å². The van der Waals surface area contributed by atoms with E-state index in [1.165, 1.54) is 29.2 Å². The number of H-pyrrole nitrogens is 1. The number of fused-ring (bicyclic) bond motifs is 1. The molecule has 0 aliphatic heterocycles. The van der Waals surface area contributed by atoms with Crippen molar-refractivity contribution < 1.29 is 18.7 Å². The highest BCUT2D eigenvalue weighted by atomic mass is 19.1. The maximum absolute atomic E-state index is 13.0. The van der Waals surface area contributed by atoms with Crippen LogP contribution in [0.1, 0.15) is 19.2 Å². The van der Waals surface area contributed by atoms with Crippen LogP contribution in [0, 0.1) is 5.82 Å². The third kappa shape index (κ3) is 5.04. The van der Waals surface area contributed by atoms with Gasteiger partial charge in [0.25, 0.3) is 11.5 Å². The lowest BCUT2D eigenvalue weighted by molar-refractivity contribution is -0.147. The number of amides is 1. The number of ether oxygens (including phenoxy) is 1. The molecule has 2 aromatic carbocycles. The van der Waals surface area contributed by atoms with Gasteiger partial charge in [-0.3, -0.25) is 14.4 Å². The Labute approximate surface area is 166 Å². The van der Waals surface area contributed by atoms with Gasteiger partial charge in [0, 0.05) is 18.7 Å². The number of nitrogens with one attached hydrogen (secondary N) is 1. The minimum atomic E-state index is -0.579. The lowest BCUT2D eigenvalue weighted by Gasteiger charge is -2.20. The van der Waals surface area contributed by atoms with Crippen LogP contribution >= 0.6 is 0 Å². The fourth-order valence-corrected chi connectivity index (χ4v) is 2.89. The SMILES string of the molecule is CCN(C(=O)COC(=O)CCc1nc2ccccc2c(=O)[nH]1)c1ccc(F)cc1. The van der Waals surface area contributed by atoms with E-state index in [1.807, 2.05) is 0 Å². The number of aryl methyl sites for hydroxylation is 1. The second-order valence-corrected chi connectivity index (χ2v) is 6.30. The molecule has 0 saturated carbocycles. The Balaban J connectivity index is 1.55. The number of hydrogen-bond donors (Lipinski definition) is 1. The van der Waals surface area contributed by atoms with E-state index in [0.29, 0.717) is 29.0 Å². The first-order valence-electron chi connectivity index (χ1n) is 9.17. The normalized spacial score (nSPS) is 10.7. The summed E-state index contributed by atoms with van der Waals surface area (Å²) in [5.74, 6) is -1.02. The van der Waals surface area contributed by atoms with E-state index in [4.69, 9.17) is 4.74 Å². The molecule has 1 amide bonds. The van der Waals surface area contributed by atoms with Crippen LogP contribution in [0.4, 0.5) is 10.1 Å². The monoisotopic (exact) mass is 397 g/mol. The van der Waals surface area contributed by atoms with Crippen molar-refractivity contribution in [3.05, 3.63) is 70.5 Å². The molecule has 0 radical (unpaired) electrons. The molecule has 0 saturated heterocycles. The third-order valence-electron chi connectivity index (χ3n) is 4.34. The predicted octanol–water partition coefficient (Wildman–Crippen LogP) is 2.59. The average Bonchev–Trinajstić information content (AvgIpc) is 2.72. The van der Waals surface area contributed by atoms with Gasteiger partial charge < -0.3 is 14.6 Å². The van der Waals surface area contributed by atoms with Crippen molar-refractivity contribution in [1.29, 1.82) is 0 Å². The predicted molar refractivity (Wildman–Crippen MR) is 106 cm³/mol. The molecule has 1 N–H and O–H groups in total. The summed E-state index contributed by atoms with van der Waals surface area (Å²) in [6.07, 6.45) is 0.153. The first-order valence-corrected chi connectivity index (χ1v) is 9.17. The molecule has 8 heteroatoms. The molecule has 29 heavy (non-hydrogen) atoms. The zero-order valence-electron chi connectivity index (χ0n) is 15.9. The number of para-hydroxylation sites is 1. The van der Waals surface area contributed by atoms with E-state index in [0.717, 1.165) is 0 Å². The van der Waals surface area contributed by atoms with Crippen LogP contribution in [0.15, 0.2) is 53.3 Å². The Morgan fingerprint density at radius 3 is 2.59 bits per heavy atom. The molecule has 3 aromatic rings. The number of anilines is 1. The molecule has 0 aliphatic carbocycles. The Kier molecular flexibility index (Phi) is 6.33. The lowest BCUT2D eigenvalue weighted by atomic mass is 10.2. The van der Waals surface area contributed by atoms with Gasteiger partial charge in [-0.1, -0.05) is 12.1 Å². The van der Waals surface area contributed by atoms with Gasteiger partial charge in [-0.2, -0.15) is 0 Å². The standard InChI is InChI=1S/C21H20FN3O4/c1-2-25(15-9-7-14(22)8-10-15)19(26)13-29-20(27)12-11-18-23-17-6-4-3-5-16(17)21(28)24-18/h3-10H,2,11-13H2,1H3,(H,23,24,28). The summed E-state index contributed by atoms with van der Waals surface area (Å²) in [7, 11) is 0. The number of carbonyl (C=O) groups excluding carboxylic acids is 2. The number of hydrogen-bond acceptors (Lipinski definition) is 5. The van der Waals surface area contributed by atoms with Gasteiger partial charge in [0.05, 0.1) is 17.3 Å². The molecule has 7 nitrogen and oxygen atoms in total. The number of likely N-dealkylation sites (N-methyl/N-ethyl adjacent to an activating group) is 1. The van der Waals surface area contributed by atoms with Gasteiger partial charge in [-0.05, 0) is 43.3 Å². The second-order valence-electron chi connectivity index (χ2n) is 6.30. The van der Waals surface area contributed by atoms with Gasteiger partial charge in [-0.25, -0.2) is 9.37 Å². The fraction of sp³-hybridized carbons (Fsp3) is 0.238. The minimum Gasteiger partial charge on any atom is -0.456 e. The van der Waals surface area contributed by atoms with E-state index in [9.17, 15) is 18.8 Å². The number of nitrogens with zero attached hydrogens (tertiary/aromatic N) is 2. The van der Waals surface area contributed by atoms with E-state index in [2.05, 4.69) is 9.97 Å². The Bertz CT molecular complexity index is 1080. The van der Waals surface area contributed by atoms with Gasteiger partial charge in [0.1, 0.15) is 11.6 Å². The molecule has 1 heterocycles. The summed E-state index contributed by atoms with van der Waals surface area (Å²) >= 11 is 0. The molecule has 0 spiro atoms. The molecular formula is C21H20FN3O4. The quantitative estimate of drug-likeness (QED) is 0.619. The molecule has 0 bridgehead atoms. The second kappa shape index (κ2) is 9.09. The highest BCUT2D eigenvalue weighted by molar-refractivity contribution is 5.95. The molecular weight excluding hydrogens is 377 g/mol. The Hall–Kier alpha value is -3.55. The Morgan fingerprint density at radius 2 is 1.86 bits per heavy atom. The van der Waals surface area contributed by atoms with Gasteiger partial charge in [-0.15, -0.1) is 0 Å². The van der Waals surface area contributed by atoms with Crippen LogP contribution in [0.25, 0.3) is 10.9 Å². The van der Waals surface area contributed by atoms with Crippen molar-refractivity contribution in [2.24, 2.45) is 0 Å². The number of aromatic nitrogens is 2. The van der Waals surface area contributed by atoms with Crippen LogP contribution in [0.3, 0.4) is 0 Å². The highest BCUT2D eigenvalue weighted by Crippen LogP contribution is 2.15. The lowest BCUT2D eigenvalue weighted by Crippen LogP contribution is -2.34. The van der Waals surface area contributed by atoms with Gasteiger partial charge in [0.15, 0.2) is 6.61 Å². The summed E-state index contributed by atoms with van der Waals surface area (Å²) in [4.78, 5) is 44.7. The van der Waals surface area contributed by atoms with Crippen LogP contribution in [-0.4, -0.2) is 35.0 Å². The maximum atomic E-state index is 13.0. The topological polar surface area (TPSA) is 92.4 Å². The van der Waals surface area contributed by atoms with E-state index in [1.54, 1.807) is 31.2 Å². The first kappa shape index (κ1) is 20.2. The van der Waals surface area contributed by atoms with Gasteiger partial charge in [0.2, 0.25) is 0 Å². The van der Waals surface area contributed by atoms with Crippen LogP contribution < -0.4 is 10.5 Å². The summed E-state index contributed by atoms with van der Waals surface area (Å²) in [6.45, 7) is 1.70. The minimum absolute atomic E-state index is 0.0305. The van der Waals surface area contributed by atoms with Crippen LogP contribution in [-0.2, 0) is 20.7 Å². The molecule has 3 rings (SSSR count). The molecule has 150 valence electrons. The third-order valence-corrected chi connectivity index (χ3v) is 4.34. The van der Waals surface area contributed by atoms with Gasteiger partial charge >= 0.3 is 5.97 Å². The number of halogens is 1. The van der Waals surface area contributed by atoms with Crippen molar-refractivity contribution in [3.63, 3.8) is 0 Å². The van der Waals surface area contributed by atoms with Crippen molar-refractivity contribution in [3.8, 4) is 0 Å². The average molecular weight is 397 g/mol. The highest BCUT2D eigenvalue weighted by Gasteiger charge is 2.16. The van der Waals surface area contributed by atoms with E-state index < -0.39 is 24.3 Å². The number of carbonyl (C=O) groups is 2. The molecule has 1 aromatic heterocycles. The Morgan fingerprint density at radius 1 is 1.14 bits per heavy atom. The van der Waals surface area contributed by atoms with Crippen molar-refractivity contribution in [2.75, 3.05) is 18.1 Å². The molecule has 0 unspecified atom stereocenters. The van der Waals surface area contributed by atoms with E-state index >= 15 is 0 Å². The fourth-order valence-electron chi connectivity index (χ4n) is 2.89. The van der Waals surface area contributed by atoms with Crippen molar-refractivity contribution >= 4 is 28.5 Å². The summed E-state index contributed by atoms with van der Waals surface area (Å²) in [6, 6.07) is 12.4. The number of rotatable bonds is 7. The number of benzene rings is 2.